The van der Waals surface area contributed by atoms with Crippen molar-refractivity contribution >= 4 is 33.0 Å². The summed E-state index contributed by atoms with van der Waals surface area (Å²) in [7, 11) is 0. The molecule has 7 aromatic carbocycles. The summed E-state index contributed by atoms with van der Waals surface area (Å²) < 4.78 is 91.0. The maximum absolute atomic E-state index is 13.7. The van der Waals surface area contributed by atoms with Crippen LogP contribution >= 0.6 is 0 Å². The number of hydrogen-bond donors (Lipinski definition) is 0. The molecule has 1 aliphatic carbocycles. The van der Waals surface area contributed by atoms with E-state index in [-0.39, 0.29) is 60.0 Å². The first-order valence-electron chi connectivity index (χ1n) is 24.0. The molecule has 373 valence electrons. The summed E-state index contributed by atoms with van der Waals surface area (Å²) in [6.07, 6.45) is -8.07. The van der Waals surface area contributed by atoms with E-state index >= 15 is 0 Å². The van der Waals surface area contributed by atoms with Gasteiger partial charge in [-0.2, -0.15) is 26.3 Å². The van der Waals surface area contributed by atoms with E-state index in [0.717, 1.165) is 62.4 Å². The Hall–Kier alpha value is -6.81. The monoisotopic (exact) mass is 1160 g/mol. The fourth-order valence-electron chi connectivity index (χ4n) is 10.2. The number of halogens is 6. The van der Waals surface area contributed by atoms with Crippen LogP contribution in [0.3, 0.4) is 0 Å². The van der Waals surface area contributed by atoms with Gasteiger partial charge < -0.3 is 14.0 Å². The molecule has 1 radical (unpaired) electrons. The van der Waals surface area contributed by atoms with E-state index in [1.807, 2.05) is 66.9 Å². The molecule has 73 heavy (non-hydrogen) atoms. The smallest absolute Gasteiger partial charge is 0.416 e. The molecule has 0 spiro atoms. The Balaban J connectivity index is 0.000000290. The molecule has 11 rings (SSSR count). The van der Waals surface area contributed by atoms with Crippen LogP contribution in [-0.2, 0) is 43.3 Å². The van der Waals surface area contributed by atoms with Crippen LogP contribution in [0.2, 0.25) is 0 Å². The summed E-state index contributed by atoms with van der Waals surface area (Å²) in [5.41, 5.74) is 10.7. The van der Waals surface area contributed by atoms with Gasteiger partial charge >= 0.3 is 12.4 Å². The molecule has 3 heterocycles. The van der Waals surface area contributed by atoms with Crippen LogP contribution in [0.1, 0.15) is 101 Å². The van der Waals surface area contributed by atoms with Crippen molar-refractivity contribution < 1.29 is 50.9 Å². The number of aromatic nitrogens is 3. The van der Waals surface area contributed by atoms with E-state index in [9.17, 15) is 26.3 Å². The summed E-state index contributed by atoms with van der Waals surface area (Å²) >= 11 is 0. The maximum Gasteiger partial charge on any atom is 0.416 e. The van der Waals surface area contributed by atoms with E-state index in [1.165, 1.54) is 23.3 Å². The summed E-state index contributed by atoms with van der Waals surface area (Å²) in [6.45, 7) is 17.9. The number of pyridine rings is 1. The van der Waals surface area contributed by atoms with Crippen molar-refractivity contribution in [2.24, 2.45) is 0 Å². The van der Waals surface area contributed by atoms with Crippen LogP contribution < -0.4 is 0 Å². The maximum atomic E-state index is 13.7. The average molecular weight is 1160 g/mol. The molecule has 0 N–H and O–H groups in total. The van der Waals surface area contributed by atoms with Gasteiger partial charge in [-0.3, -0.25) is 4.98 Å². The summed E-state index contributed by atoms with van der Waals surface area (Å²) in [5, 5.41) is 1.35. The third kappa shape index (κ3) is 8.99. The molecular weight excluding hydrogens is 1110 g/mol. The zero-order valence-electron chi connectivity index (χ0n) is 41.4. The fourth-order valence-corrected chi connectivity index (χ4v) is 10.2. The van der Waals surface area contributed by atoms with Gasteiger partial charge in [-0.15, -0.1) is 53.6 Å². The second-order valence-corrected chi connectivity index (χ2v) is 20.2. The molecule has 4 nitrogen and oxygen atoms in total. The van der Waals surface area contributed by atoms with Crippen molar-refractivity contribution in [2.45, 2.75) is 90.4 Å². The molecule has 11 heteroatoms. The number of hydrogen-bond acceptors (Lipinski definition) is 3. The topological polar surface area (TPSA) is 43.9 Å². The molecule has 0 atom stereocenters. The SMILES string of the molecule is CC(C)c1cc(-c2ccccc2)cc(C(C)C)c1-n1c(-c2[c-]ccc3c2oc2cc(-c4cc(C(F)(F)F)cc(C(F)(F)F)c4)ccc23)nc2ccccc21.CC1(C)c2ccc[c-]c2-c2ncccc2C1(C)C.[Ir]. The standard InChI is InChI=1S/C45H33F6N2O.C17H18N.Ir/c1-25(2)36-21-30(27-11-6-5-7-12-27)22-37(26(3)4)41(36)53-39-16-9-8-15-38(39)52-43(53)35-14-10-13-34-33-18-17-28(23-40(33)54-42(34)35)29-19-31(44(46,47)48)24-32(20-29)45(49,50)51;1-16(2)13-9-6-5-8-12(13)15-14(17(16,3)4)10-7-11-18-15;/h5-13,15-26H,1-4H3;5-7,9-11H,1-4H3;/q2*-1;. The predicted octanol–water partition coefficient (Wildman–Crippen LogP) is 18.1. The van der Waals surface area contributed by atoms with Gasteiger partial charge in [0.25, 0.3) is 0 Å². The predicted molar refractivity (Wildman–Crippen MR) is 276 cm³/mol. The summed E-state index contributed by atoms with van der Waals surface area (Å²) in [6, 6.07) is 49.7. The van der Waals surface area contributed by atoms with Gasteiger partial charge in [0.1, 0.15) is 5.58 Å². The molecule has 1 aliphatic rings. The van der Waals surface area contributed by atoms with Crippen LogP contribution in [0, 0.1) is 12.1 Å². The Morgan fingerprint density at radius 3 is 1.82 bits per heavy atom. The summed E-state index contributed by atoms with van der Waals surface area (Å²) in [5.74, 6) is 0.853. The number of furan rings is 1. The molecule has 0 fully saturated rings. The van der Waals surface area contributed by atoms with Crippen LogP contribution in [0.5, 0.6) is 0 Å². The van der Waals surface area contributed by atoms with Gasteiger partial charge in [-0.1, -0.05) is 133 Å². The summed E-state index contributed by atoms with van der Waals surface area (Å²) in [4.78, 5) is 9.74. The molecule has 0 unspecified atom stereocenters. The van der Waals surface area contributed by atoms with Crippen molar-refractivity contribution in [2.75, 3.05) is 0 Å². The van der Waals surface area contributed by atoms with Crippen LogP contribution in [0.4, 0.5) is 26.3 Å². The van der Waals surface area contributed by atoms with Crippen molar-refractivity contribution in [1.82, 2.24) is 14.5 Å². The Kier molecular flexibility index (Phi) is 13.2. The zero-order chi connectivity index (χ0) is 51.1. The Morgan fingerprint density at radius 2 is 1.16 bits per heavy atom. The third-order valence-corrected chi connectivity index (χ3v) is 14.7. The number of benzene rings is 7. The first-order chi connectivity index (χ1) is 34.1. The van der Waals surface area contributed by atoms with Gasteiger partial charge in [0.15, 0.2) is 0 Å². The van der Waals surface area contributed by atoms with Crippen LogP contribution in [0.25, 0.3) is 83.6 Å². The number of fused-ring (bicyclic) bond motifs is 7. The zero-order valence-corrected chi connectivity index (χ0v) is 43.8. The van der Waals surface area contributed by atoms with Gasteiger partial charge in [0.05, 0.1) is 33.6 Å². The first kappa shape index (κ1) is 51.1. The number of imidazole rings is 1. The quantitative estimate of drug-likeness (QED) is 0.123. The van der Waals surface area contributed by atoms with E-state index in [4.69, 9.17) is 9.40 Å². The normalized spacial score (nSPS) is 14.0. The van der Waals surface area contributed by atoms with Crippen molar-refractivity contribution in [3.8, 4) is 50.6 Å². The second kappa shape index (κ2) is 18.9. The van der Waals surface area contributed by atoms with Gasteiger partial charge in [-0.05, 0) is 116 Å². The van der Waals surface area contributed by atoms with E-state index in [2.05, 4.69) is 120 Å². The molecule has 0 bridgehead atoms. The minimum absolute atomic E-state index is 0. The molecule has 10 aromatic rings. The molecule has 0 saturated heterocycles. The van der Waals surface area contributed by atoms with Crippen molar-refractivity contribution in [1.29, 1.82) is 0 Å². The minimum Gasteiger partial charge on any atom is -0.501 e. The van der Waals surface area contributed by atoms with Gasteiger partial charge in [0, 0.05) is 37.4 Å². The van der Waals surface area contributed by atoms with E-state index in [1.54, 1.807) is 12.1 Å². The number of para-hydroxylation sites is 2. The second-order valence-electron chi connectivity index (χ2n) is 20.2. The first-order valence-corrected chi connectivity index (χ1v) is 24.0. The molecule has 0 amide bonds. The van der Waals surface area contributed by atoms with Gasteiger partial charge in [-0.25, -0.2) is 0 Å². The van der Waals surface area contributed by atoms with Gasteiger partial charge in [0.2, 0.25) is 0 Å². The van der Waals surface area contributed by atoms with Crippen LogP contribution in [-0.4, -0.2) is 14.5 Å². The fraction of sp³-hybridized carbons (Fsp3) is 0.226. The van der Waals surface area contributed by atoms with E-state index < -0.39 is 23.5 Å². The van der Waals surface area contributed by atoms with Crippen LogP contribution in [0.15, 0.2) is 156 Å². The molecule has 3 aromatic heterocycles. The van der Waals surface area contributed by atoms with Crippen molar-refractivity contribution in [3.05, 3.63) is 197 Å². The van der Waals surface area contributed by atoms with Crippen molar-refractivity contribution in [3.63, 3.8) is 0 Å². The molecule has 0 aliphatic heterocycles. The Morgan fingerprint density at radius 1 is 0.562 bits per heavy atom. The largest absolute Gasteiger partial charge is 0.501 e. The Bertz CT molecular complexity index is 3580. The number of nitrogens with zero attached hydrogens (tertiary/aromatic N) is 3. The number of alkyl halides is 6. The Labute approximate surface area is 434 Å². The average Bonchev–Trinajstić information content (AvgIpc) is 3.94. The molecule has 0 saturated carbocycles. The number of rotatable bonds is 6. The molecular formula is C62H51F6IrN3O-2. The minimum atomic E-state index is -4.97. The third-order valence-electron chi connectivity index (χ3n) is 14.7. The van der Waals surface area contributed by atoms with E-state index in [0.29, 0.717) is 33.3 Å².